The van der Waals surface area contributed by atoms with Gasteiger partial charge in [-0.3, -0.25) is 9.59 Å². The van der Waals surface area contributed by atoms with E-state index in [0.29, 0.717) is 22.2 Å². The van der Waals surface area contributed by atoms with Crippen LogP contribution in [0.25, 0.3) is 0 Å². The van der Waals surface area contributed by atoms with Crippen molar-refractivity contribution in [3.05, 3.63) is 28.2 Å². The van der Waals surface area contributed by atoms with Crippen LogP contribution in [0.15, 0.2) is 18.2 Å². The van der Waals surface area contributed by atoms with Gasteiger partial charge in [-0.15, -0.1) is 0 Å². The number of nitrogens with one attached hydrogen (secondary N) is 2. The molecule has 0 saturated heterocycles. The fourth-order valence-electron chi connectivity index (χ4n) is 1.09. The Morgan fingerprint density at radius 1 is 1.24 bits per heavy atom. The van der Waals surface area contributed by atoms with Gasteiger partial charge < -0.3 is 10.6 Å². The number of amides is 2. The zero-order valence-electron chi connectivity index (χ0n) is 9.22. The number of rotatable bonds is 4. The minimum absolute atomic E-state index is 0.0878. The van der Waals surface area contributed by atoms with Gasteiger partial charge in [-0.05, 0) is 18.2 Å². The van der Waals surface area contributed by atoms with Crippen molar-refractivity contribution in [3.63, 3.8) is 0 Å². The van der Waals surface area contributed by atoms with Crippen molar-refractivity contribution in [1.82, 2.24) is 5.32 Å². The molecule has 4 nitrogen and oxygen atoms in total. The van der Waals surface area contributed by atoms with Gasteiger partial charge in [-0.2, -0.15) is 0 Å². The molecule has 2 amide bonds. The van der Waals surface area contributed by atoms with Crippen LogP contribution in [0.4, 0.5) is 5.69 Å². The van der Waals surface area contributed by atoms with E-state index < -0.39 is 0 Å². The molecule has 0 atom stereocenters. The Morgan fingerprint density at radius 3 is 2.59 bits per heavy atom. The number of hydrogen-bond acceptors (Lipinski definition) is 2. The minimum Gasteiger partial charge on any atom is -0.347 e. The summed E-state index contributed by atoms with van der Waals surface area (Å²) < 4.78 is 0. The number of hydrogen-bond donors (Lipinski definition) is 2. The van der Waals surface area contributed by atoms with Gasteiger partial charge in [0.2, 0.25) is 11.8 Å². The third-order valence-corrected chi connectivity index (χ3v) is 2.53. The molecule has 0 unspecified atom stereocenters. The lowest BCUT2D eigenvalue weighted by Crippen LogP contribution is -2.32. The van der Waals surface area contributed by atoms with E-state index in [4.69, 9.17) is 23.2 Å². The molecule has 0 aliphatic heterocycles. The molecule has 0 fully saturated rings. The van der Waals surface area contributed by atoms with E-state index in [2.05, 4.69) is 10.6 Å². The summed E-state index contributed by atoms with van der Waals surface area (Å²) in [6.07, 6.45) is 0.338. The van der Waals surface area contributed by atoms with Crippen LogP contribution in [0, 0.1) is 0 Å². The molecule has 0 saturated carbocycles. The lowest BCUT2D eigenvalue weighted by atomic mass is 10.3. The third kappa shape index (κ3) is 4.63. The minimum atomic E-state index is -0.351. The third-order valence-electron chi connectivity index (χ3n) is 1.97. The van der Waals surface area contributed by atoms with Crippen molar-refractivity contribution < 1.29 is 9.59 Å². The molecule has 0 spiro atoms. The molecule has 0 aliphatic rings. The van der Waals surface area contributed by atoms with Crippen LogP contribution in [0.5, 0.6) is 0 Å². The normalized spacial score (nSPS) is 9.82. The van der Waals surface area contributed by atoms with E-state index in [0.717, 1.165) is 0 Å². The van der Waals surface area contributed by atoms with Crippen molar-refractivity contribution in [2.24, 2.45) is 0 Å². The maximum Gasteiger partial charge on any atom is 0.243 e. The van der Waals surface area contributed by atoms with E-state index in [1.165, 1.54) is 0 Å². The summed E-state index contributed by atoms with van der Waals surface area (Å²) in [6.45, 7) is 1.62. The number of halogens is 2. The first-order chi connectivity index (χ1) is 8.02. The van der Waals surface area contributed by atoms with E-state index in [1.807, 2.05) is 0 Å². The Balaban J connectivity index is 2.56. The molecule has 1 aromatic carbocycles. The molecule has 0 heterocycles. The van der Waals surface area contributed by atoms with Gasteiger partial charge in [-0.25, -0.2) is 0 Å². The molecule has 1 aromatic rings. The van der Waals surface area contributed by atoms with Crippen LogP contribution < -0.4 is 10.6 Å². The first kappa shape index (κ1) is 13.8. The highest BCUT2D eigenvalue weighted by Gasteiger charge is 2.07. The second-order valence-electron chi connectivity index (χ2n) is 3.30. The van der Waals surface area contributed by atoms with Crippen LogP contribution in [-0.4, -0.2) is 18.4 Å². The molecule has 0 radical (unpaired) electrons. The molecule has 2 N–H and O–H groups in total. The summed E-state index contributed by atoms with van der Waals surface area (Å²) in [6, 6.07) is 4.76. The lowest BCUT2D eigenvalue weighted by molar-refractivity contribution is -0.123. The average molecular weight is 275 g/mol. The van der Waals surface area contributed by atoms with Gasteiger partial charge in [0.05, 0.1) is 17.3 Å². The van der Waals surface area contributed by atoms with Crippen molar-refractivity contribution in [3.8, 4) is 0 Å². The fourth-order valence-corrected chi connectivity index (χ4v) is 1.43. The Hall–Kier alpha value is -1.26. The fraction of sp³-hybridized carbons (Fsp3) is 0.273. The average Bonchev–Trinajstić information content (AvgIpc) is 2.30. The van der Waals surface area contributed by atoms with Gasteiger partial charge in [0.25, 0.3) is 0 Å². The Labute approximate surface area is 109 Å². The van der Waals surface area contributed by atoms with Gasteiger partial charge in [0.15, 0.2) is 0 Å². The smallest absolute Gasteiger partial charge is 0.243 e. The maximum absolute atomic E-state index is 11.5. The first-order valence-electron chi connectivity index (χ1n) is 5.04. The van der Waals surface area contributed by atoms with Crippen LogP contribution in [0.2, 0.25) is 10.0 Å². The molecule has 0 aromatic heterocycles. The Kier molecular flexibility index (Phi) is 5.25. The second kappa shape index (κ2) is 6.47. The highest BCUT2D eigenvalue weighted by molar-refractivity contribution is 6.35. The predicted octanol–water partition coefficient (Wildman–Crippen LogP) is 2.46. The monoisotopic (exact) mass is 274 g/mol. The summed E-state index contributed by atoms with van der Waals surface area (Å²) in [5, 5.41) is 5.89. The quantitative estimate of drug-likeness (QED) is 0.886. The SMILES string of the molecule is CCC(=O)NCC(=O)Nc1cc(Cl)ccc1Cl. The summed E-state index contributed by atoms with van der Waals surface area (Å²) in [4.78, 5) is 22.4. The van der Waals surface area contributed by atoms with Crippen molar-refractivity contribution in [1.29, 1.82) is 0 Å². The van der Waals surface area contributed by atoms with E-state index >= 15 is 0 Å². The highest BCUT2D eigenvalue weighted by Crippen LogP contribution is 2.25. The number of benzene rings is 1. The summed E-state index contributed by atoms with van der Waals surface area (Å²) in [5.41, 5.74) is 0.426. The number of carbonyl (C=O) groups is 2. The van der Waals surface area contributed by atoms with Crippen molar-refractivity contribution in [2.45, 2.75) is 13.3 Å². The first-order valence-corrected chi connectivity index (χ1v) is 5.80. The van der Waals surface area contributed by atoms with Gasteiger partial charge in [0, 0.05) is 11.4 Å². The molecule has 17 heavy (non-hydrogen) atoms. The van der Waals surface area contributed by atoms with Crippen molar-refractivity contribution in [2.75, 3.05) is 11.9 Å². The van der Waals surface area contributed by atoms with E-state index in [1.54, 1.807) is 25.1 Å². The van der Waals surface area contributed by atoms with Crippen molar-refractivity contribution >= 4 is 40.7 Å². The van der Waals surface area contributed by atoms with Crippen LogP contribution in [0.3, 0.4) is 0 Å². The van der Waals surface area contributed by atoms with Gasteiger partial charge >= 0.3 is 0 Å². The largest absolute Gasteiger partial charge is 0.347 e. The number of carbonyl (C=O) groups excluding carboxylic acids is 2. The standard InChI is InChI=1S/C11H12Cl2N2O2/c1-2-10(16)14-6-11(17)15-9-5-7(12)3-4-8(9)13/h3-5H,2,6H2,1H3,(H,14,16)(H,15,17). The molecule has 0 bridgehead atoms. The second-order valence-corrected chi connectivity index (χ2v) is 4.15. The molecule has 92 valence electrons. The summed E-state index contributed by atoms with van der Waals surface area (Å²) in [7, 11) is 0. The highest BCUT2D eigenvalue weighted by atomic mass is 35.5. The van der Waals surface area contributed by atoms with Crippen LogP contribution in [0.1, 0.15) is 13.3 Å². The zero-order chi connectivity index (χ0) is 12.8. The summed E-state index contributed by atoms with van der Waals surface area (Å²) >= 11 is 11.6. The van der Waals surface area contributed by atoms with Gasteiger partial charge in [-0.1, -0.05) is 30.1 Å². The molecule has 6 heteroatoms. The molecule has 1 rings (SSSR count). The van der Waals surface area contributed by atoms with Crippen LogP contribution in [-0.2, 0) is 9.59 Å². The lowest BCUT2D eigenvalue weighted by Gasteiger charge is -2.08. The van der Waals surface area contributed by atoms with E-state index in [9.17, 15) is 9.59 Å². The zero-order valence-corrected chi connectivity index (χ0v) is 10.7. The molecule has 0 aliphatic carbocycles. The topological polar surface area (TPSA) is 58.2 Å². The predicted molar refractivity (Wildman–Crippen MR) is 68.4 cm³/mol. The van der Waals surface area contributed by atoms with Crippen LogP contribution >= 0.6 is 23.2 Å². The van der Waals surface area contributed by atoms with Gasteiger partial charge in [0.1, 0.15) is 0 Å². The molecular weight excluding hydrogens is 263 g/mol. The van der Waals surface area contributed by atoms with E-state index in [-0.39, 0.29) is 18.4 Å². The Morgan fingerprint density at radius 2 is 1.94 bits per heavy atom. The number of anilines is 1. The Bertz CT molecular complexity index is 435. The summed E-state index contributed by atoms with van der Waals surface area (Å²) in [5.74, 6) is -0.534. The molecular formula is C11H12Cl2N2O2. The maximum atomic E-state index is 11.5.